The number of hydrogen-bond donors (Lipinski definition) is 0. The Hall–Kier alpha value is -8.79. The molecule has 0 spiro atoms. The van der Waals surface area contributed by atoms with Crippen molar-refractivity contribution in [2.45, 2.75) is 0 Å². The van der Waals surface area contributed by atoms with Gasteiger partial charge in [-0.2, -0.15) is 0 Å². The van der Waals surface area contributed by atoms with Crippen LogP contribution in [-0.4, -0.2) is 14.1 Å². The number of rotatable bonds is 7. The highest BCUT2D eigenvalue weighted by molar-refractivity contribution is 6.14. The van der Waals surface area contributed by atoms with Crippen molar-refractivity contribution in [3.05, 3.63) is 249 Å². The third-order valence-electron chi connectivity index (χ3n) is 13.3. The molecule has 3 nitrogen and oxygen atoms in total. The molecule has 3 heterocycles. The van der Waals surface area contributed by atoms with Crippen LogP contribution in [0.25, 0.3) is 122 Å². The highest BCUT2D eigenvalue weighted by atomic mass is 15.1. The van der Waals surface area contributed by atoms with Crippen LogP contribution in [0.4, 0.5) is 0 Å². The maximum absolute atomic E-state index is 5.43. The molecule has 0 N–H and O–H groups in total. The molecule has 13 aromatic rings. The molecular formula is C63H41N3. The Morgan fingerprint density at radius 2 is 0.636 bits per heavy atom. The topological polar surface area (TPSA) is 22.8 Å². The third kappa shape index (κ3) is 6.32. The van der Waals surface area contributed by atoms with Crippen molar-refractivity contribution in [3.63, 3.8) is 0 Å². The van der Waals surface area contributed by atoms with Gasteiger partial charge in [0, 0.05) is 32.5 Å². The number of hydrogen-bond acceptors (Lipinski definition) is 1. The molecule has 0 bridgehead atoms. The standard InChI is InChI=1S/C63H41N3/c1-5-16-42(17-6-1)47-28-32-59-53(36-47)54-38-49(30-33-60(54)65(59)58-27-15-25-45-22-13-14-26-52(45)58)50-31-35-62-56(39-50)55-37-48(43-18-7-2-8-19-43)29-34-61(55)66(62)63-41-51(44-20-9-3-10-21-44)40-57(64-63)46-23-11-4-12-24-46/h1-41H. The van der Waals surface area contributed by atoms with Crippen LogP contribution in [0.3, 0.4) is 0 Å². The summed E-state index contributed by atoms with van der Waals surface area (Å²) in [6.45, 7) is 0. The second-order valence-electron chi connectivity index (χ2n) is 17.2. The monoisotopic (exact) mass is 839 g/mol. The van der Waals surface area contributed by atoms with E-state index < -0.39 is 0 Å². The lowest BCUT2D eigenvalue weighted by molar-refractivity contribution is 1.08. The zero-order valence-electron chi connectivity index (χ0n) is 36.0. The predicted molar refractivity (Wildman–Crippen MR) is 278 cm³/mol. The summed E-state index contributed by atoms with van der Waals surface area (Å²) in [5.74, 6) is 0.882. The van der Waals surface area contributed by atoms with E-state index in [0.29, 0.717) is 0 Å². The summed E-state index contributed by atoms with van der Waals surface area (Å²) in [6.07, 6.45) is 0. The zero-order valence-corrected chi connectivity index (χ0v) is 36.0. The van der Waals surface area contributed by atoms with Crippen LogP contribution in [-0.2, 0) is 0 Å². The van der Waals surface area contributed by atoms with Gasteiger partial charge in [-0.1, -0.05) is 182 Å². The van der Waals surface area contributed by atoms with Gasteiger partial charge in [0.25, 0.3) is 0 Å². The van der Waals surface area contributed by atoms with Crippen molar-refractivity contribution in [2.75, 3.05) is 0 Å². The van der Waals surface area contributed by atoms with Crippen LogP contribution < -0.4 is 0 Å². The number of aromatic nitrogens is 3. The first kappa shape index (κ1) is 37.7. The zero-order chi connectivity index (χ0) is 43.6. The number of fused-ring (bicyclic) bond motifs is 7. The van der Waals surface area contributed by atoms with Crippen molar-refractivity contribution < 1.29 is 0 Å². The number of nitrogens with zero attached hydrogens (tertiary/aromatic N) is 3. The molecule has 0 amide bonds. The largest absolute Gasteiger partial charge is 0.309 e. The Balaban J connectivity index is 1.04. The van der Waals surface area contributed by atoms with Gasteiger partial charge in [-0.15, -0.1) is 0 Å². The molecule has 3 heteroatoms. The lowest BCUT2D eigenvalue weighted by atomic mass is 9.98. The molecule has 0 saturated heterocycles. The molecule has 0 saturated carbocycles. The quantitative estimate of drug-likeness (QED) is 0.157. The van der Waals surface area contributed by atoms with Gasteiger partial charge in [0.15, 0.2) is 0 Å². The van der Waals surface area contributed by atoms with Crippen molar-refractivity contribution in [3.8, 4) is 67.3 Å². The van der Waals surface area contributed by atoms with E-state index >= 15 is 0 Å². The molecule has 0 fully saturated rings. The number of benzene rings is 10. The van der Waals surface area contributed by atoms with E-state index in [-0.39, 0.29) is 0 Å². The van der Waals surface area contributed by atoms with Crippen molar-refractivity contribution in [2.24, 2.45) is 0 Å². The molecule has 0 aliphatic heterocycles. The van der Waals surface area contributed by atoms with E-state index in [1.165, 1.54) is 76.9 Å². The van der Waals surface area contributed by atoms with Crippen molar-refractivity contribution >= 4 is 54.4 Å². The molecule has 0 atom stereocenters. The fourth-order valence-electron chi connectivity index (χ4n) is 10.1. The van der Waals surface area contributed by atoms with Crippen LogP contribution in [0.5, 0.6) is 0 Å². The van der Waals surface area contributed by atoms with Gasteiger partial charge in [0.1, 0.15) is 5.82 Å². The summed E-state index contributed by atoms with van der Waals surface area (Å²) >= 11 is 0. The lowest BCUT2D eigenvalue weighted by Gasteiger charge is -2.13. The minimum absolute atomic E-state index is 0.882. The molecule has 13 rings (SSSR count). The fourth-order valence-corrected chi connectivity index (χ4v) is 10.1. The molecule has 0 radical (unpaired) electrons. The highest BCUT2D eigenvalue weighted by Crippen LogP contribution is 2.42. The van der Waals surface area contributed by atoms with Gasteiger partial charge in [0.2, 0.25) is 0 Å². The fraction of sp³-hybridized carbons (Fsp3) is 0. The first-order valence-corrected chi connectivity index (χ1v) is 22.6. The van der Waals surface area contributed by atoms with Crippen molar-refractivity contribution in [1.29, 1.82) is 0 Å². The predicted octanol–water partition coefficient (Wildman–Crippen LogP) is 16.8. The van der Waals surface area contributed by atoms with E-state index in [4.69, 9.17) is 4.98 Å². The average molecular weight is 840 g/mol. The third-order valence-corrected chi connectivity index (χ3v) is 13.3. The molecule has 0 unspecified atom stereocenters. The van der Waals surface area contributed by atoms with Gasteiger partial charge in [0.05, 0.1) is 33.4 Å². The summed E-state index contributed by atoms with van der Waals surface area (Å²) in [7, 11) is 0. The Morgan fingerprint density at radius 3 is 1.14 bits per heavy atom. The van der Waals surface area contributed by atoms with Gasteiger partial charge in [-0.3, -0.25) is 4.57 Å². The molecule has 0 aliphatic rings. The highest BCUT2D eigenvalue weighted by Gasteiger charge is 2.20. The van der Waals surface area contributed by atoms with Gasteiger partial charge >= 0.3 is 0 Å². The summed E-state index contributed by atoms with van der Waals surface area (Å²) in [4.78, 5) is 5.43. The van der Waals surface area contributed by atoms with E-state index in [1.807, 2.05) is 0 Å². The Kier molecular flexibility index (Phi) is 8.85. The van der Waals surface area contributed by atoms with E-state index in [0.717, 1.165) is 44.8 Å². The second-order valence-corrected chi connectivity index (χ2v) is 17.2. The van der Waals surface area contributed by atoms with Crippen LogP contribution in [0, 0.1) is 0 Å². The Morgan fingerprint density at radius 1 is 0.242 bits per heavy atom. The van der Waals surface area contributed by atoms with Crippen LogP contribution in [0.15, 0.2) is 249 Å². The van der Waals surface area contributed by atoms with Gasteiger partial charge in [-0.25, -0.2) is 4.98 Å². The summed E-state index contributed by atoms with van der Waals surface area (Å²) < 4.78 is 4.81. The van der Waals surface area contributed by atoms with Crippen LogP contribution in [0.1, 0.15) is 0 Å². The Bertz CT molecular complexity index is 3900. The van der Waals surface area contributed by atoms with Gasteiger partial charge in [-0.05, 0) is 117 Å². The summed E-state index contributed by atoms with van der Waals surface area (Å²) in [6, 6.07) is 90.1. The maximum atomic E-state index is 5.43. The van der Waals surface area contributed by atoms with E-state index in [1.54, 1.807) is 0 Å². The molecule has 66 heavy (non-hydrogen) atoms. The first-order chi connectivity index (χ1) is 32.7. The minimum Gasteiger partial charge on any atom is -0.309 e. The summed E-state index contributed by atoms with van der Waals surface area (Å²) in [5.41, 5.74) is 17.2. The van der Waals surface area contributed by atoms with Gasteiger partial charge < -0.3 is 4.57 Å². The second kappa shape index (κ2) is 15.5. The normalized spacial score (nSPS) is 11.6. The molecule has 3 aromatic heterocycles. The van der Waals surface area contributed by atoms with E-state index in [9.17, 15) is 0 Å². The smallest absolute Gasteiger partial charge is 0.138 e. The average Bonchev–Trinajstić information content (AvgIpc) is 3.90. The molecule has 308 valence electrons. The SMILES string of the molecule is c1ccc(-c2cc(-c3ccccc3)nc(-n3c4ccc(-c5ccccc5)cc4c4cc(-c5ccc6c(c5)c5cc(-c7ccccc7)ccc5n6-c5cccc6ccccc56)ccc43)c2)cc1. The van der Waals surface area contributed by atoms with Crippen LogP contribution >= 0.6 is 0 Å². The lowest BCUT2D eigenvalue weighted by Crippen LogP contribution is -2.00. The van der Waals surface area contributed by atoms with Crippen LogP contribution in [0.2, 0.25) is 0 Å². The first-order valence-electron chi connectivity index (χ1n) is 22.6. The Labute approximate surface area is 382 Å². The molecular weight excluding hydrogens is 799 g/mol. The van der Waals surface area contributed by atoms with Crippen molar-refractivity contribution in [1.82, 2.24) is 14.1 Å². The molecule has 0 aliphatic carbocycles. The summed E-state index contributed by atoms with van der Waals surface area (Å²) in [5, 5.41) is 7.26. The van der Waals surface area contributed by atoms with E-state index in [2.05, 4.69) is 258 Å². The maximum Gasteiger partial charge on any atom is 0.138 e. The minimum atomic E-state index is 0.882. The molecule has 10 aromatic carbocycles. The number of pyridine rings is 1.